The Hall–Kier alpha value is -3.88. The van der Waals surface area contributed by atoms with Crippen LogP contribution in [0.5, 0.6) is 0 Å². The zero-order valence-corrected chi connectivity index (χ0v) is 19.3. The predicted molar refractivity (Wildman–Crippen MR) is 133 cm³/mol. The number of nitrogens with two attached hydrogens (primary N) is 1. The van der Waals surface area contributed by atoms with Gasteiger partial charge in [0.25, 0.3) is 5.91 Å². The van der Waals surface area contributed by atoms with E-state index in [9.17, 15) is 9.59 Å². The van der Waals surface area contributed by atoms with Crippen molar-refractivity contribution in [3.05, 3.63) is 59.7 Å². The first-order valence-electron chi connectivity index (χ1n) is 11.9. The second-order valence-electron chi connectivity index (χ2n) is 10.0. The van der Waals surface area contributed by atoms with Gasteiger partial charge in [-0.25, -0.2) is 0 Å². The molecule has 5 aromatic rings. The second-order valence-corrected chi connectivity index (χ2v) is 10.0. The Morgan fingerprint density at radius 1 is 1.09 bits per heavy atom. The van der Waals surface area contributed by atoms with Gasteiger partial charge in [-0.05, 0) is 24.6 Å². The first kappa shape index (κ1) is 19.4. The van der Waals surface area contributed by atoms with Crippen LogP contribution in [-0.2, 0) is 21.8 Å². The summed E-state index contributed by atoms with van der Waals surface area (Å²) < 4.78 is 11.1. The van der Waals surface area contributed by atoms with Gasteiger partial charge in [0.2, 0.25) is 5.91 Å². The SMILES string of the molecule is CNC(=O)C1(N)CC2OC1(C)n1c3ccccc3c3c4c(c5c6ccccc6n2c5c31)C(=O)NC4. The molecule has 35 heavy (non-hydrogen) atoms. The minimum Gasteiger partial charge on any atom is -0.357 e. The molecule has 174 valence electrons. The molecule has 8 rings (SSSR count). The van der Waals surface area contributed by atoms with Crippen molar-refractivity contribution in [1.29, 1.82) is 0 Å². The molecule has 1 fully saturated rings. The molecule has 5 heterocycles. The summed E-state index contributed by atoms with van der Waals surface area (Å²) in [6, 6.07) is 16.2. The van der Waals surface area contributed by atoms with E-state index in [0.717, 1.165) is 54.7 Å². The van der Waals surface area contributed by atoms with Crippen molar-refractivity contribution < 1.29 is 14.3 Å². The Balaban J connectivity index is 1.73. The minimum absolute atomic E-state index is 0.0540. The molecule has 2 bridgehead atoms. The fourth-order valence-corrected chi connectivity index (χ4v) is 7.02. The summed E-state index contributed by atoms with van der Waals surface area (Å²) in [7, 11) is 1.61. The van der Waals surface area contributed by atoms with E-state index in [-0.39, 0.29) is 11.8 Å². The van der Waals surface area contributed by atoms with Crippen LogP contribution < -0.4 is 16.4 Å². The highest BCUT2D eigenvalue weighted by Gasteiger charge is 2.63. The lowest BCUT2D eigenvalue weighted by Crippen LogP contribution is -2.65. The van der Waals surface area contributed by atoms with Crippen LogP contribution >= 0.6 is 0 Å². The van der Waals surface area contributed by atoms with Crippen molar-refractivity contribution in [3.8, 4) is 0 Å². The summed E-state index contributed by atoms with van der Waals surface area (Å²) in [4.78, 5) is 26.6. The number of benzene rings is 3. The molecule has 3 atom stereocenters. The van der Waals surface area contributed by atoms with Gasteiger partial charge in [0.1, 0.15) is 11.8 Å². The van der Waals surface area contributed by atoms with Gasteiger partial charge in [0, 0.05) is 41.6 Å². The zero-order chi connectivity index (χ0) is 23.9. The van der Waals surface area contributed by atoms with Gasteiger partial charge in [-0.15, -0.1) is 0 Å². The quantitative estimate of drug-likeness (QED) is 0.354. The van der Waals surface area contributed by atoms with Crippen molar-refractivity contribution >= 4 is 55.4 Å². The predicted octanol–water partition coefficient (Wildman–Crippen LogP) is 3.19. The molecule has 3 aromatic carbocycles. The number of nitrogens with one attached hydrogen (secondary N) is 2. The van der Waals surface area contributed by atoms with Crippen molar-refractivity contribution in [2.75, 3.05) is 7.05 Å². The van der Waals surface area contributed by atoms with E-state index in [4.69, 9.17) is 10.5 Å². The number of carbonyl (C=O) groups is 2. The average molecular weight is 466 g/mol. The smallest absolute Gasteiger partial charge is 0.252 e. The van der Waals surface area contributed by atoms with E-state index in [1.807, 2.05) is 37.3 Å². The second kappa shape index (κ2) is 5.84. The number of fused-ring (bicyclic) bond motifs is 13. The number of hydrogen-bond donors (Lipinski definition) is 3. The molecular formula is C27H23N5O3. The Kier molecular flexibility index (Phi) is 3.24. The number of carbonyl (C=O) groups excluding carboxylic acids is 2. The van der Waals surface area contributed by atoms with Crippen LogP contribution in [0.25, 0.3) is 43.6 Å². The summed E-state index contributed by atoms with van der Waals surface area (Å²) in [5.74, 6) is -0.315. The van der Waals surface area contributed by atoms with Crippen molar-refractivity contribution in [2.24, 2.45) is 5.73 Å². The fourth-order valence-electron chi connectivity index (χ4n) is 7.02. The highest BCUT2D eigenvalue weighted by Crippen LogP contribution is 2.56. The third kappa shape index (κ3) is 1.89. The van der Waals surface area contributed by atoms with Crippen LogP contribution in [0.3, 0.4) is 0 Å². The molecule has 2 aromatic heterocycles. The maximum absolute atomic E-state index is 13.4. The molecule has 4 N–H and O–H groups in total. The number of hydrogen-bond acceptors (Lipinski definition) is 4. The average Bonchev–Trinajstić information content (AvgIpc) is 3.55. The van der Waals surface area contributed by atoms with Crippen LogP contribution in [0.2, 0.25) is 0 Å². The molecule has 0 spiro atoms. The van der Waals surface area contributed by atoms with Crippen LogP contribution in [0.15, 0.2) is 48.5 Å². The van der Waals surface area contributed by atoms with Crippen molar-refractivity contribution in [2.45, 2.75) is 37.4 Å². The van der Waals surface area contributed by atoms with Gasteiger partial charge < -0.3 is 30.2 Å². The molecule has 0 radical (unpaired) electrons. The first-order valence-corrected chi connectivity index (χ1v) is 11.9. The summed E-state index contributed by atoms with van der Waals surface area (Å²) in [6.07, 6.45) is -0.178. The van der Waals surface area contributed by atoms with Crippen LogP contribution in [-0.4, -0.2) is 33.5 Å². The topological polar surface area (TPSA) is 103 Å². The van der Waals surface area contributed by atoms with Crippen molar-refractivity contribution in [3.63, 3.8) is 0 Å². The molecule has 8 heteroatoms. The van der Waals surface area contributed by atoms with Crippen LogP contribution in [0.4, 0.5) is 0 Å². The lowest BCUT2D eigenvalue weighted by molar-refractivity contribution is -0.148. The third-order valence-corrected chi connectivity index (χ3v) is 8.55. The van der Waals surface area contributed by atoms with Gasteiger partial charge in [-0.3, -0.25) is 9.59 Å². The molecule has 3 aliphatic rings. The molecular weight excluding hydrogens is 442 g/mol. The fraction of sp³-hybridized carbons (Fsp3) is 0.259. The number of amides is 2. The third-order valence-electron chi connectivity index (χ3n) is 8.55. The highest BCUT2D eigenvalue weighted by atomic mass is 16.5. The zero-order valence-electron chi connectivity index (χ0n) is 19.3. The molecule has 2 amide bonds. The maximum Gasteiger partial charge on any atom is 0.252 e. The summed E-state index contributed by atoms with van der Waals surface area (Å²) in [6.45, 7) is 2.38. The van der Waals surface area contributed by atoms with E-state index in [1.165, 1.54) is 0 Å². The van der Waals surface area contributed by atoms with Gasteiger partial charge in [-0.2, -0.15) is 0 Å². The lowest BCUT2D eigenvalue weighted by Gasteiger charge is -2.39. The van der Waals surface area contributed by atoms with Crippen molar-refractivity contribution in [1.82, 2.24) is 19.8 Å². The molecule has 0 saturated carbocycles. The number of nitrogens with zero attached hydrogens (tertiary/aromatic N) is 2. The van der Waals surface area contributed by atoms with E-state index >= 15 is 0 Å². The molecule has 3 aliphatic heterocycles. The molecule has 8 nitrogen and oxygen atoms in total. The number of rotatable bonds is 1. The first-order chi connectivity index (χ1) is 16.9. The van der Waals surface area contributed by atoms with Crippen LogP contribution in [0, 0.1) is 0 Å². The van der Waals surface area contributed by atoms with Gasteiger partial charge in [-0.1, -0.05) is 36.4 Å². The largest absolute Gasteiger partial charge is 0.357 e. The summed E-state index contributed by atoms with van der Waals surface area (Å²) in [5, 5.41) is 9.81. The number of ether oxygens (including phenoxy) is 1. The van der Waals surface area contributed by atoms with E-state index in [2.05, 4.69) is 38.0 Å². The Labute approximate surface area is 199 Å². The monoisotopic (exact) mass is 465 g/mol. The Morgan fingerprint density at radius 2 is 1.77 bits per heavy atom. The number of aromatic nitrogens is 2. The van der Waals surface area contributed by atoms with E-state index in [0.29, 0.717) is 13.0 Å². The lowest BCUT2D eigenvalue weighted by atomic mass is 9.85. The van der Waals surface area contributed by atoms with Crippen LogP contribution in [0.1, 0.15) is 35.5 Å². The summed E-state index contributed by atoms with van der Waals surface area (Å²) in [5.41, 5.74) is 10.1. The number of para-hydroxylation sites is 2. The Bertz CT molecular complexity index is 1830. The highest BCUT2D eigenvalue weighted by molar-refractivity contribution is 6.31. The normalized spacial score (nSPS) is 26.7. The van der Waals surface area contributed by atoms with Gasteiger partial charge in [0.15, 0.2) is 5.72 Å². The molecule has 3 unspecified atom stereocenters. The van der Waals surface area contributed by atoms with Gasteiger partial charge in [0.05, 0.1) is 27.6 Å². The van der Waals surface area contributed by atoms with E-state index < -0.39 is 17.5 Å². The minimum atomic E-state index is -1.32. The van der Waals surface area contributed by atoms with E-state index in [1.54, 1.807) is 7.05 Å². The maximum atomic E-state index is 13.4. The number of likely N-dealkylation sites (N-methyl/N-ethyl adjacent to an activating group) is 1. The standard InChI is InChI=1S/C27H23N5O3/c1-26-27(28,25(34)29-2)11-18(35-26)31-16-9-5-3-7-13(16)20-21-15(12-30-24(21)33)19-14-8-4-6-10-17(14)32(26)23(19)22(20)31/h3-10,18H,11-12,28H2,1-2H3,(H,29,34)(H,30,33). The molecule has 1 saturated heterocycles. The molecule has 0 aliphatic carbocycles. The van der Waals surface area contributed by atoms with Gasteiger partial charge >= 0.3 is 0 Å². The Morgan fingerprint density at radius 3 is 2.51 bits per heavy atom. The summed E-state index contributed by atoms with van der Waals surface area (Å²) >= 11 is 0.